The van der Waals surface area contributed by atoms with Crippen LogP contribution in [0.15, 0.2) is 30.6 Å². The Morgan fingerprint density at radius 2 is 1.75 bits per heavy atom. The van der Waals surface area contributed by atoms with Gasteiger partial charge in [0.1, 0.15) is 0 Å². The third-order valence-electron chi connectivity index (χ3n) is 7.52. The van der Waals surface area contributed by atoms with Crippen LogP contribution in [0.1, 0.15) is 57.3 Å². The lowest BCUT2D eigenvalue weighted by atomic mass is 9.96. The van der Waals surface area contributed by atoms with Crippen LogP contribution in [0.25, 0.3) is 0 Å². The number of amides is 3. The van der Waals surface area contributed by atoms with Crippen molar-refractivity contribution in [2.24, 2.45) is 5.92 Å². The molecule has 0 saturated carbocycles. The zero-order valence-corrected chi connectivity index (χ0v) is 23.9. The van der Waals surface area contributed by atoms with Gasteiger partial charge in [0.2, 0.25) is 5.91 Å². The summed E-state index contributed by atoms with van der Waals surface area (Å²) in [5.74, 6) is -1.19. The molecule has 2 aromatic heterocycles. The molecule has 11 nitrogen and oxygen atoms in total. The Morgan fingerprint density at radius 3 is 2.39 bits per heavy atom. The van der Waals surface area contributed by atoms with Gasteiger partial charge in [-0.15, -0.1) is 0 Å². The van der Waals surface area contributed by atoms with Crippen LogP contribution in [0.3, 0.4) is 0 Å². The SMILES string of the molecule is O=C(Nc1ccc(C(=O)N2CCN(C(=O)C3CCNCC3)CC2)c(Cl)c1)c1ncc(Cc2cn(C(F)F)nc2C(F)(F)F)[nH]1. The Morgan fingerprint density at radius 1 is 1.07 bits per heavy atom. The number of nitrogens with one attached hydrogen (secondary N) is 3. The number of rotatable bonds is 7. The van der Waals surface area contributed by atoms with Gasteiger partial charge in [0.05, 0.1) is 10.6 Å². The molecule has 3 amide bonds. The van der Waals surface area contributed by atoms with E-state index in [1.807, 2.05) is 0 Å². The minimum Gasteiger partial charge on any atom is -0.339 e. The Balaban J connectivity index is 1.18. The number of carbonyl (C=O) groups excluding carboxylic acids is 3. The highest BCUT2D eigenvalue weighted by atomic mass is 35.5. The number of nitrogens with zero attached hydrogens (tertiary/aromatic N) is 5. The number of aromatic nitrogens is 4. The van der Waals surface area contributed by atoms with Crippen molar-refractivity contribution >= 4 is 35.0 Å². The van der Waals surface area contributed by atoms with Gasteiger partial charge in [-0.3, -0.25) is 14.4 Å². The predicted octanol–water partition coefficient (Wildman–Crippen LogP) is 3.80. The largest absolute Gasteiger partial charge is 0.435 e. The third kappa shape index (κ3) is 7.01. The molecule has 0 spiro atoms. The van der Waals surface area contributed by atoms with Gasteiger partial charge in [0, 0.05) is 67.9 Å². The van der Waals surface area contributed by atoms with Crippen LogP contribution >= 0.6 is 11.6 Å². The molecule has 44 heavy (non-hydrogen) atoms. The summed E-state index contributed by atoms with van der Waals surface area (Å²) in [5, 5.41) is 8.79. The van der Waals surface area contributed by atoms with Crippen molar-refractivity contribution < 1.29 is 36.3 Å². The van der Waals surface area contributed by atoms with E-state index in [1.54, 1.807) is 9.80 Å². The smallest absolute Gasteiger partial charge is 0.339 e. The molecule has 2 fully saturated rings. The van der Waals surface area contributed by atoms with Gasteiger partial charge < -0.3 is 25.4 Å². The molecule has 4 heterocycles. The van der Waals surface area contributed by atoms with Gasteiger partial charge in [0.15, 0.2) is 11.5 Å². The van der Waals surface area contributed by atoms with Crippen molar-refractivity contribution in [3.8, 4) is 0 Å². The third-order valence-corrected chi connectivity index (χ3v) is 7.84. The van der Waals surface area contributed by atoms with E-state index in [2.05, 4.69) is 25.7 Å². The lowest BCUT2D eigenvalue weighted by molar-refractivity contribution is -0.142. The molecule has 0 unspecified atom stereocenters. The van der Waals surface area contributed by atoms with E-state index in [4.69, 9.17) is 11.6 Å². The minimum atomic E-state index is -4.96. The highest BCUT2D eigenvalue weighted by Gasteiger charge is 2.38. The summed E-state index contributed by atoms with van der Waals surface area (Å²) in [5.41, 5.74) is -1.48. The Hall–Kier alpha value is -4.05. The van der Waals surface area contributed by atoms with E-state index in [0.29, 0.717) is 32.4 Å². The second-order valence-electron chi connectivity index (χ2n) is 10.5. The second kappa shape index (κ2) is 12.9. The molecule has 0 radical (unpaired) electrons. The molecule has 0 atom stereocenters. The number of carbonyl (C=O) groups is 3. The summed E-state index contributed by atoms with van der Waals surface area (Å²) in [6.07, 6.45) is -2.13. The number of anilines is 1. The first-order chi connectivity index (χ1) is 20.9. The number of piperidine rings is 1. The molecular formula is C27H28ClF5N8O3. The number of halogens is 6. The van der Waals surface area contributed by atoms with Crippen LogP contribution in [-0.4, -0.2) is 86.5 Å². The molecule has 3 N–H and O–H groups in total. The quantitative estimate of drug-likeness (QED) is 0.337. The number of hydrogen-bond donors (Lipinski definition) is 3. The van der Waals surface area contributed by atoms with Crippen LogP contribution in [0.5, 0.6) is 0 Å². The van der Waals surface area contributed by atoms with E-state index in [9.17, 15) is 36.3 Å². The normalized spacial score (nSPS) is 16.4. The van der Waals surface area contributed by atoms with Gasteiger partial charge in [-0.05, 0) is 44.1 Å². The average molecular weight is 643 g/mol. The molecule has 17 heteroatoms. The zero-order chi connectivity index (χ0) is 31.6. The highest BCUT2D eigenvalue weighted by molar-refractivity contribution is 6.34. The molecule has 3 aromatic rings. The van der Waals surface area contributed by atoms with E-state index in [0.717, 1.165) is 32.1 Å². The van der Waals surface area contributed by atoms with Gasteiger partial charge in [-0.25, -0.2) is 9.67 Å². The lowest BCUT2D eigenvalue weighted by Gasteiger charge is -2.37. The monoisotopic (exact) mass is 642 g/mol. The molecule has 2 aliphatic heterocycles. The number of hydrogen-bond acceptors (Lipinski definition) is 6. The fraction of sp³-hybridized carbons (Fsp3) is 0.444. The van der Waals surface area contributed by atoms with Crippen molar-refractivity contribution in [2.45, 2.75) is 32.0 Å². The zero-order valence-electron chi connectivity index (χ0n) is 23.1. The van der Waals surface area contributed by atoms with Crippen molar-refractivity contribution in [3.05, 3.63) is 64.0 Å². The van der Waals surface area contributed by atoms with Gasteiger partial charge >= 0.3 is 12.7 Å². The van der Waals surface area contributed by atoms with Crippen molar-refractivity contribution in [2.75, 3.05) is 44.6 Å². The number of imidazole rings is 1. The fourth-order valence-corrected chi connectivity index (χ4v) is 5.51. The second-order valence-corrected chi connectivity index (χ2v) is 10.9. The van der Waals surface area contributed by atoms with Crippen molar-refractivity contribution in [3.63, 3.8) is 0 Å². The van der Waals surface area contributed by atoms with E-state index >= 15 is 0 Å². The molecule has 1 aromatic carbocycles. The number of aromatic amines is 1. The van der Waals surface area contributed by atoms with Crippen molar-refractivity contribution in [1.29, 1.82) is 0 Å². The number of H-pyrrole nitrogens is 1. The molecule has 236 valence electrons. The van der Waals surface area contributed by atoms with Gasteiger partial charge in [-0.2, -0.15) is 27.1 Å². The van der Waals surface area contributed by atoms with Crippen LogP contribution < -0.4 is 10.6 Å². The average Bonchev–Trinajstić information content (AvgIpc) is 3.65. The maximum atomic E-state index is 13.3. The van der Waals surface area contributed by atoms with E-state index in [1.165, 1.54) is 18.2 Å². The minimum absolute atomic E-state index is 0.00347. The van der Waals surface area contributed by atoms with Crippen LogP contribution in [0, 0.1) is 5.92 Å². The summed E-state index contributed by atoms with van der Waals surface area (Å²) in [4.78, 5) is 48.5. The molecule has 0 bridgehead atoms. The summed E-state index contributed by atoms with van der Waals surface area (Å²) in [7, 11) is 0. The summed E-state index contributed by atoms with van der Waals surface area (Å²) in [6, 6.07) is 4.30. The van der Waals surface area contributed by atoms with Gasteiger partial charge in [-0.1, -0.05) is 11.6 Å². The van der Waals surface area contributed by atoms with Crippen LogP contribution in [0.4, 0.5) is 27.6 Å². The molecule has 0 aliphatic carbocycles. The van der Waals surface area contributed by atoms with Crippen LogP contribution in [0.2, 0.25) is 5.02 Å². The molecule has 2 saturated heterocycles. The Labute approximate surface area is 252 Å². The first-order valence-corrected chi connectivity index (χ1v) is 14.2. The van der Waals surface area contributed by atoms with Crippen LogP contribution in [-0.2, 0) is 17.4 Å². The van der Waals surface area contributed by atoms with E-state index in [-0.39, 0.29) is 50.2 Å². The Kier molecular flexibility index (Phi) is 9.20. The predicted molar refractivity (Wildman–Crippen MR) is 147 cm³/mol. The van der Waals surface area contributed by atoms with Gasteiger partial charge in [0.25, 0.3) is 11.8 Å². The maximum Gasteiger partial charge on any atom is 0.435 e. The summed E-state index contributed by atoms with van der Waals surface area (Å²) >= 11 is 6.38. The molecule has 2 aliphatic rings. The summed E-state index contributed by atoms with van der Waals surface area (Å²) in [6.45, 7) is -0.0492. The summed E-state index contributed by atoms with van der Waals surface area (Å²) < 4.78 is 65.5. The number of alkyl halides is 5. The molecule has 5 rings (SSSR count). The molecular weight excluding hydrogens is 615 g/mol. The highest BCUT2D eigenvalue weighted by Crippen LogP contribution is 2.33. The maximum absolute atomic E-state index is 13.3. The topological polar surface area (TPSA) is 128 Å². The van der Waals surface area contributed by atoms with Crippen molar-refractivity contribution in [1.82, 2.24) is 34.9 Å². The standard InChI is InChI=1S/C27H28ClF5N8O3/c28-20-12-17(1-2-19(20)25(44)40-9-7-39(8-10-40)24(43)15-3-5-34-6-4-15)37-23(42)22-35-13-18(36-22)11-16-14-41(26(29)30)38-21(16)27(31,32)33/h1-2,12-15,26,34H,3-11H2,(H,35,36)(H,37,42). The first-order valence-electron chi connectivity index (χ1n) is 13.8. The fourth-order valence-electron chi connectivity index (χ4n) is 5.25. The van der Waals surface area contributed by atoms with E-state index < -0.39 is 36.3 Å². The lowest BCUT2D eigenvalue weighted by Crippen LogP contribution is -2.52. The number of benzene rings is 1. The Bertz CT molecular complexity index is 1530. The first kappa shape index (κ1) is 31.4. The number of piperazine rings is 1.